The molecule has 4 nitrogen and oxygen atoms in total. The maximum atomic E-state index is 10.4. The van der Waals surface area contributed by atoms with E-state index in [1.54, 1.807) is 0 Å². The van der Waals surface area contributed by atoms with Crippen LogP contribution in [0, 0.1) is 6.92 Å². The smallest absolute Gasteiger partial charge is 0.309 e. The molecule has 0 atom stereocenters. The van der Waals surface area contributed by atoms with Crippen LogP contribution in [-0.4, -0.2) is 20.9 Å². The Kier molecular flexibility index (Phi) is 2.70. The minimum absolute atomic E-state index is 0.000556. The fraction of sp³-hybridized carbons (Fsp3) is 0.556. The van der Waals surface area contributed by atoms with Crippen LogP contribution < -0.4 is 0 Å². The second-order valence-electron chi connectivity index (χ2n) is 3.39. The molecule has 0 radical (unpaired) electrons. The van der Waals surface area contributed by atoms with Crippen molar-refractivity contribution < 1.29 is 9.90 Å². The van der Waals surface area contributed by atoms with Crippen LogP contribution in [0.3, 0.4) is 0 Å². The summed E-state index contributed by atoms with van der Waals surface area (Å²) in [5.41, 5.74) is 1.63. The molecule has 72 valence electrons. The van der Waals surface area contributed by atoms with E-state index in [2.05, 4.69) is 5.10 Å². The summed E-state index contributed by atoms with van der Waals surface area (Å²) in [6.07, 6.45) is 0.000556. The van der Waals surface area contributed by atoms with Crippen LogP contribution >= 0.6 is 0 Å². The monoisotopic (exact) mass is 182 g/mol. The summed E-state index contributed by atoms with van der Waals surface area (Å²) in [7, 11) is 0. The number of carbonyl (C=O) groups is 1. The number of aryl methyl sites for hydroxylation is 1. The first kappa shape index (κ1) is 9.77. The Bertz CT molecular complexity index is 315. The molecule has 0 saturated carbocycles. The van der Waals surface area contributed by atoms with Gasteiger partial charge in [0.15, 0.2) is 0 Å². The van der Waals surface area contributed by atoms with Crippen molar-refractivity contribution in [3.8, 4) is 0 Å². The molecule has 0 bridgehead atoms. The summed E-state index contributed by atoms with van der Waals surface area (Å²) in [5.74, 6) is -0.839. The van der Waals surface area contributed by atoms with E-state index in [1.165, 1.54) is 0 Å². The number of nitrogens with zero attached hydrogens (tertiary/aromatic N) is 2. The summed E-state index contributed by atoms with van der Waals surface area (Å²) in [4.78, 5) is 10.4. The van der Waals surface area contributed by atoms with Gasteiger partial charge in [0.2, 0.25) is 0 Å². The Labute approximate surface area is 77.2 Å². The lowest BCUT2D eigenvalue weighted by molar-refractivity contribution is -0.136. The van der Waals surface area contributed by atoms with Crippen LogP contribution in [0.4, 0.5) is 0 Å². The van der Waals surface area contributed by atoms with Crippen molar-refractivity contribution in [3.63, 3.8) is 0 Å². The molecule has 0 aliphatic carbocycles. The second-order valence-corrected chi connectivity index (χ2v) is 3.39. The van der Waals surface area contributed by atoms with Gasteiger partial charge >= 0.3 is 5.97 Å². The predicted octanol–water partition coefficient (Wildman–Crippen LogP) is 1.40. The normalized spacial score (nSPS) is 10.8. The number of aliphatic carboxylic acids is 1. The van der Waals surface area contributed by atoms with E-state index in [0.29, 0.717) is 5.69 Å². The van der Waals surface area contributed by atoms with Gasteiger partial charge in [-0.2, -0.15) is 5.10 Å². The van der Waals surface area contributed by atoms with E-state index in [4.69, 9.17) is 5.11 Å². The summed E-state index contributed by atoms with van der Waals surface area (Å²) in [6, 6.07) is 2.09. The first-order valence-electron chi connectivity index (χ1n) is 4.27. The van der Waals surface area contributed by atoms with Gasteiger partial charge in [-0.1, -0.05) is 0 Å². The number of carboxylic acids is 1. The van der Waals surface area contributed by atoms with Gasteiger partial charge in [0.25, 0.3) is 0 Å². The molecule has 0 saturated heterocycles. The molecule has 1 aromatic heterocycles. The van der Waals surface area contributed by atoms with Gasteiger partial charge in [0, 0.05) is 11.7 Å². The first-order valence-corrected chi connectivity index (χ1v) is 4.27. The zero-order valence-electron chi connectivity index (χ0n) is 8.11. The average molecular weight is 182 g/mol. The van der Waals surface area contributed by atoms with E-state index in [9.17, 15) is 4.79 Å². The minimum atomic E-state index is -0.839. The van der Waals surface area contributed by atoms with Gasteiger partial charge < -0.3 is 5.11 Å². The summed E-state index contributed by atoms with van der Waals surface area (Å²) >= 11 is 0. The molecule has 4 heteroatoms. The topological polar surface area (TPSA) is 55.1 Å². The lowest BCUT2D eigenvalue weighted by Gasteiger charge is -2.06. The second kappa shape index (κ2) is 3.60. The fourth-order valence-corrected chi connectivity index (χ4v) is 1.32. The van der Waals surface area contributed by atoms with Gasteiger partial charge in [0.05, 0.1) is 12.1 Å². The lowest BCUT2D eigenvalue weighted by atomic mass is 10.3. The molecule has 0 spiro atoms. The van der Waals surface area contributed by atoms with Crippen LogP contribution in [0.15, 0.2) is 6.07 Å². The van der Waals surface area contributed by atoms with Gasteiger partial charge in [0.1, 0.15) is 0 Å². The Hall–Kier alpha value is -1.32. The summed E-state index contributed by atoms with van der Waals surface area (Å²) in [6.45, 7) is 5.97. The van der Waals surface area contributed by atoms with Crippen molar-refractivity contribution in [2.45, 2.75) is 33.2 Å². The molecule has 0 aliphatic heterocycles. The number of carboxylic acid groups (broad SMARTS) is 1. The highest BCUT2D eigenvalue weighted by molar-refractivity contribution is 5.69. The highest BCUT2D eigenvalue weighted by Gasteiger charge is 2.09. The maximum absolute atomic E-state index is 10.4. The molecule has 1 heterocycles. The molecular formula is C9H14N2O2. The zero-order valence-corrected chi connectivity index (χ0v) is 8.11. The van der Waals surface area contributed by atoms with Crippen LogP contribution in [0.2, 0.25) is 0 Å². The van der Waals surface area contributed by atoms with E-state index in [1.807, 2.05) is 31.5 Å². The van der Waals surface area contributed by atoms with Crippen molar-refractivity contribution in [1.82, 2.24) is 9.78 Å². The molecular weight excluding hydrogens is 168 g/mol. The quantitative estimate of drug-likeness (QED) is 0.768. The molecule has 0 unspecified atom stereocenters. The molecule has 0 amide bonds. The highest BCUT2D eigenvalue weighted by atomic mass is 16.4. The number of rotatable bonds is 3. The average Bonchev–Trinajstić information content (AvgIpc) is 2.29. The third-order valence-corrected chi connectivity index (χ3v) is 1.79. The van der Waals surface area contributed by atoms with Crippen LogP contribution in [-0.2, 0) is 11.2 Å². The van der Waals surface area contributed by atoms with Gasteiger partial charge in [-0.15, -0.1) is 0 Å². The number of hydrogen-bond donors (Lipinski definition) is 1. The van der Waals surface area contributed by atoms with Crippen LogP contribution in [0.25, 0.3) is 0 Å². The van der Waals surface area contributed by atoms with Crippen LogP contribution in [0.1, 0.15) is 31.3 Å². The van der Waals surface area contributed by atoms with Crippen LogP contribution in [0.5, 0.6) is 0 Å². The zero-order chi connectivity index (χ0) is 10.0. The Balaban J connectivity index is 2.88. The van der Waals surface area contributed by atoms with E-state index >= 15 is 0 Å². The molecule has 0 aromatic carbocycles. The molecule has 1 rings (SSSR count). The maximum Gasteiger partial charge on any atom is 0.309 e. The third kappa shape index (κ3) is 2.31. The van der Waals surface area contributed by atoms with Crippen molar-refractivity contribution in [3.05, 3.63) is 17.5 Å². The molecule has 1 N–H and O–H groups in total. The van der Waals surface area contributed by atoms with Crippen molar-refractivity contribution in [2.24, 2.45) is 0 Å². The van der Waals surface area contributed by atoms with E-state index in [-0.39, 0.29) is 12.5 Å². The number of aromatic nitrogens is 2. The standard InChI is InChI=1S/C9H14N2O2/c1-6(2)11-7(3)4-8(10-11)5-9(12)13/h4,6H,5H2,1-3H3,(H,12,13). The molecule has 0 aliphatic rings. The lowest BCUT2D eigenvalue weighted by Crippen LogP contribution is -2.06. The Morgan fingerprint density at radius 3 is 2.69 bits per heavy atom. The van der Waals surface area contributed by atoms with Gasteiger partial charge in [-0.3, -0.25) is 9.48 Å². The largest absolute Gasteiger partial charge is 0.481 e. The van der Waals surface area contributed by atoms with Crippen molar-refractivity contribution >= 4 is 5.97 Å². The van der Waals surface area contributed by atoms with Gasteiger partial charge in [-0.25, -0.2) is 0 Å². The SMILES string of the molecule is Cc1cc(CC(=O)O)nn1C(C)C. The highest BCUT2D eigenvalue weighted by Crippen LogP contribution is 2.10. The van der Waals surface area contributed by atoms with E-state index in [0.717, 1.165) is 5.69 Å². The fourth-order valence-electron chi connectivity index (χ4n) is 1.32. The summed E-state index contributed by atoms with van der Waals surface area (Å²) < 4.78 is 1.83. The minimum Gasteiger partial charge on any atom is -0.481 e. The molecule has 0 fully saturated rings. The van der Waals surface area contributed by atoms with Crippen molar-refractivity contribution in [2.75, 3.05) is 0 Å². The molecule has 13 heavy (non-hydrogen) atoms. The first-order chi connectivity index (χ1) is 6.00. The Morgan fingerprint density at radius 1 is 1.69 bits per heavy atom. The van der Waals surface area contributed by atoms with Gasteiger partial charge in [-0.05, 0) is 26.8 Å². The predicted molar refractivity (Wildman–Crippen MR) is 48.7 cm³/mol. The van der Waals surface area contributed by atoms with E-state index < -0.39 is 5.97 Å². The van der Waals surface area contributed by atoms with Crippen molar-refractivity contribution in [1.29, 1.82) is 0 Å². The third-order valence-electron chi connectivity index (χ3n) is 1.79. The molecule has 1 aromatic rings. The number of hydrogen-bond acceptors (Lipinski definition) is 2. The summed E-state index contributed by atoms with van der Waals surface area (Å²) in [5, 5.41) is 12.7. The Morgan fingerprint density at radius 2 is 2.31 bits per heavy atom.